The number of nitrogens with one attached hydrogen (secondary N) is 1. The Morgan fingerprint density at radius 3 is 2.53 bits per heavy atom. The van der Waals surface area contributed by atoms with Crippen LogP contribution < -0.4 is 5.32 Å². The molecule has 2 heterocycles. The fourth-order valence-corrected chi connectivity index (χ4v) is 4.77. The molecule has 8 nitrogen and oxygen atoms in total. The topological polar surface area (TPSA) is 88.2 Å². The molecular formula is C26H29F2N3O5. The monoisotopic (exact) mass is 501 g/mol. The fraction of sp³-hybridized carbons (Fsp3) is 0.423. The highest BCUT2D eigenvalue weighted by Crippen LogP contribution is 2.39. The maximum Gasteiger partial charge on any atom is 0.256 e. The van der Waals surface area contributed by atoms with Gasteiger partial charge in [0.05, 0.1) is 18.8 Å². The van der Waals surface area contributed by atoms with Gasteiger partial charge in [0.1, 0.15) is 23.4 Å². The lowest BCUT2D eigenvalue weighted by Gasteiger charge is -2.44. The number of halogens is 2. The molecule has 0 radical (unpaired) electrons. The Morgan fingerprint density at radius 2 is 1.86 bits per heavy atom. The predicted molar refractivity (Wildman–Crippen MR) is 126 cm³/mol. The molecule has 1 atom stereocenters. The lowest BCUT2D eigenvalue weighted by Crippen LogP contribution is -2.60. The molecule has 2 fully saturated rings. The van der Waals surface area contributed by atoms with Crippen molar-refractivity contribution in [3.8, 4) is 0 Å². The first-order chi connectivity index (χ1) is 17.3. The zero-order chi connectivity index (χ0) is 25.9. The number of piperidine rings is 1. The Hall–Kier alpha value is -3.37. The van der Waals surface area contributed by atoms with E-state index in [1.165, 1.54) is 16.9 Å². The highest BCUT2D eigenvalue weighted by atomic mass is 19.1. The standard InChI is InChI=1S/C26H29F2N3O5/c1-17-4-3-5-18(14-17)24(33)31-22(23(32)29-10-13-35-2)16-36-26(31)8-11-30(12-9-26)25(34)20-7-6-19(27)15-21(20)28/h3-7,14-15,22H,8-13,16H2,1-2H3,(H,29,32)/t22-/m1/s1. The molecule has 0 saturated carbocycles. The smallest absolute Gasteiger partial charge is 0.256 e. The van der Waals surface area contributed by atoms with Crippen LogP contribution in [0.5, 0.6) is 0 Å². The molecule has 1 spiro atoms. The van der Waals surface area contributed by atoms with Crippen LogP contribution in [0.4, 0.5) is 8.78 Å². The Labute approximate surface area is 208 Å². The second-order valence-corrected chi connectivity index (χ2v) is 9.02. The van der Waals surface area contributed by atoms with E-state index >= 15 is 0 Å². The first-order valence-corrected chi connectivity index (χ1v) is 11.8. The molecule has 2 aromatic rings. The number of ether oxygens (including phenoxy) is 2. The van der Waals surface area contributed by atoms with Crippen LogP contribution in [0.1, 0.15) is 39.1 Å². The molecule has 36 heavy (non-hydrogen) atoms. The molecule has 0 unspecified atom stereocenters. The summed E-state index contributed by atoms with van der Waals surface area (Å²) in [4.78, 5) is 42.5. The van der Waals surface area contributed by atoms with Crippen molar-refractivity contribution in [3.63, 3.8) is 0 Å². The third-order valence-corrected chi connectivity index (χ3v) is 6.65. The van der Waals surface area contributed by atoms with Gasteiger partial charge in [-0.25, -0.2) is 8.78 Å². The van der Waals surface area contributed by atoms with Crippen LogP contribution in [0.2, 0.25) is 0 Å². The molecule has 10 heteroatoms. The van der Waals surface area contributed by atoms with Crippen molar-refractivity contribution < 1.29 is 32.6 Å². The molecule has 1 N–H and O–H groups in total. The molecule has 192 valence electrons. The lowest BCUT2D eigenvalue weighted by atomic mass is 9.95. The number of aryl methyl sites for hydroxylation is 1. The summed E-state index contributed by atoms with van der Waals surface area (Å²) in [6.45, 7) is 2.85. The van der Waals surface area contributed by atoms with Gasteiger partial charge in [0.15, 0.2) is 0 Å². The summed E-state index contributed by atoms with van der Waals surface area (Å²) in [5, 5.41) is 2.78. The van der Waals surface area contributed by atoms with E-state index in [0.717, 1.165) is 17.7 Å². The number of nitrogens with zero attached hydrogens (tertiary/aromatic N) is 2. The van der Waals surface area contributed by atoms with E-state index in [-0.39, 0.29) is 56.5 Å². The van der Waals surface area contributed by atoms with Crippen LogP contribution in [-0.2, 0) is 14.3 Å². The number of carbonyl (C=O) groups excluding carboxylic acids is 3. The number of likely N-dealkylation sites (tertiary alicyclic amines) is 1. The molecule has 0 aromatic heterocycles. The van der Waals surface area contributed by atoms with Crippen LogP contribution >= 0.6 is 0 Å². The predicted octanol–water partition coefficient (Wildman–Crippen LogP) is 2.51. The van der Waals surface area contributed by atoms with Gasteiger partial charge in [-0.1, -0.05) is 17.7 Å². The average molecular weight is 502 g/mol. The first-order valence-electron chi connectivity index (χ1n) is 11.8. The molecule has 4 rings (SSSR count). The Balaban J connectivity index is 1.56. The Bertz CT molecular complexity index is 1150. The summed E-state index contributed by atoms with van der Waals surface area (Å²) in [6.07, 6.45) is 0.474. The van der Waals surface area contributed by atoms with Gasteiger partial charge < -0.3 is 19.7 Å². The lowest BCUT2D eigenvalue weighted by molar-refractivity contribution is -0.128. The van der Waals surface area contributed by atoms with Crippen LogP contribution in [0, 0.1) is 18.6 Å². The van der Waals surface area contributed by atoms with E-state index < -0.39 is 29.3 Å². The van der Waals surface area contributed by atoms with Crippen molar-refractivity contribution in [3.05, 3.63) is 70.8 Å². The molecule has 0 bridgehead atoms. The van der Waals surface area contributed by atoms with E-state index in [4.69, 9.17) is 9.47 Å². The summed E-state index contributed by atoms with van der Waals surface area (Å²) in [7, 11) is 1.53. The van der Waals surface area contributed by atoms with Crippen LogP contribution in [-0.4, -0.2) is 79.2 Å². The first kappa shape index (κ1) is 25.7. The van der Waals surface area contributed by atoms with Crippen LogP contribution in [0.25, 0.3) is 0 Å². The number of rotatable bonds is 6. The summed E-state index contributed by atoms with van der Waals surface area (Å²) < 4.78 is 38.6. The minimum Gasteiger partial charge on any atom is -0.383 e. The summed E-state index contributed by atoms with van der Waals surface area (Å²) in [6, 6.07) is 9.08. The third-order valence-electron chi connectivity index (χ3n) is 6.65. The van der Waals surface area contributed by atoms with Gasteiger partial charge in [0.25, 0.3) is 11.8 Å². The molecule has 0 aliphatic carbocycles. The molecule has 3 amide bonds. The summed E-state index contributed by atoms with van der Waals surface area (Å²) in [5.41, 5.74) is 0.0180. The molecular weight excluding hydrogens is 472 g/mol. The van der Waals surface area contributed by atoms with Crippen molar-refractivity contribution in [2.45, 2.75) is 31.5 Å². The quantitative estimate of drug-likeness (QED) is 0.615. The van der Waals surface area contributed by atoms with Crippen molar-refractivity contribution in [2.24, 2.45) is 0 Å². The van der Waals surface area contributed by atoms with E-state index in [9.17, 15) is 23.2 Å². The maximum atomic E-state index is 14.2. The molecule has 2 aromatic carbocycles. The zero-order valence-corrected chi connectivity index (χ0v) is 20.3. The molecule has 2 saturated heterocycles. The molecule has 2 aliphatic heterocycles. The van der Waals surface area contributed by atoms with Crippen molar-refractivity contribution in [2.75, 3.05) is 40.0 Å². The zero-order valence-electron chi connectivity index (χ0n) is 20.3. The normalized spacial score (nSPS) is 18.9. The van der Waals surface area contributed by atoms with Crippen LogP contribution in [0.3, 0.4) is 0 Å². The van der Waals surface area contributed by atoms with Gasteiger partial charge >= 0.3 is 0 Å². The SMILES string of the molecule is COCCNC(=O)[C@H]1COC2(CCN(C(=O)c3ccc(F)cc3F)CC2)N1C(=O)c1cccc(C)c1. The number of carbonyl (C=O) groups is 3. The van der Waals surface area contributed by atoms with Crippen LogP contribution in [0.15, 0.2) is 42.5 Å². The van der Waals surface area contributed by atoms with Gasteiger partial charge in [0.2, 0.25) is 5.91 Å². The van der Waals surface area contributed by atoms with Crippen molar-refractivity contribution >= 4 is 17.7 Å². The van der Waals surface area contributed by atoms with E-state index in [2.05, 4.69) is 5.32 Å². The average Bonchev–Trinajstić information content (AvgIpc) is 3.22. The highest BCUT2D eigenvalue weighted by Gasteiger charge is 2.54. The fourth-order valence-electron chi connectivity index (χ4n) is 4.77. The second kappa shape index (κ2) is 10.7. The van der Waals surface area contributed by atoms with E-state index in [0.29, 0.717) is 18.2 Å². The molecule has 2 aliphatic rings. The van der Waals surface area contributed by atoms with Gasteiger partial charge in [-0.15, -0.1) is 0 Å². The maximum absolute atomic E-state index is 14.2. The van der Waals surface area contributed by atoms with Crippen molar-refractivity contribution in [1.82, 2.24) is 15.1 Å². The second-order valence-electron chi connectivity index (χ2n) is 9.02. The number of benzene rings is 2. The van der Waals surface area contributed by atoms with Gasteiger partial charge in [-0.2, -0.15) is 0 Å². The number of hydrogen-bond donors (Lipinski definition) is 1. The third kappa shape index (κ3) is 5.10. The number of amides is 3. The largest absolute Gasteiger partial charge is 0.383 e. The Kier molecular flexibility index (Phi) is 7.65. The number of methoxy groups -OCH3 is 1. The highest BCUT2D eigenvalue weighted by molar-refractivity contribution is 5.99. The minimum atomic E-state index is -1.10. The van der Waals surface area contributed by atoms with E-state index in [1.807, 2.05) is 13.0 Å². The Morgan fingerprint density at radius 1 is 1.11 bits per heavy atom. The van der Waals surface area contributed by atoms with E-state index in [1.54, 1.807) is 18.2 Å². The summed E-state index contributed by atoms with van der Waals surface area (Å²) in [5.74, 6) is -2.95. The van der Waals surface area contributed by atoms with Gasteiger partial charge in [-0.05, 0) is 31.2 Å². The summed E-state index contributed by atoms with van der Waals surface area (Å²) >= 11 is 0. The van der Waals surface area contributed by atoms with Gasteiger partial charge in [0, 0.05) is 51.2 Å². The van der Waals surface area contributed by atoms with Gasteiger partial charge in [-0.3, -0.25) is 19.3 Å². The minimum absolute atomic E-state index is 0.0108. The number of hydrogen-bond acceptors (Lipinski definition) is 5. The van der Waals surface area contributed by atoms with Crippen molar-refractivity contribution in [1.29, 1.82) is 0 Å².